The molecule has 0 radical (unpaired) electrons. The summed E-state index contributed by atoms with van der Waals surface area (Å²) in [5.41, 5.74) is 4.83. The Hall–Kier alpha value is -3.15. The summed E-state index contributed by atoms with van der Waals surface area (Å²) in [5.74, 6) is -0.140. The monoisotopic (exact) mass is 434 g/mol. The van der Waals surface area contributed by atoms with Crippen LogP contribution < -0.4 is 5.32 Å². The first kappa shape index (κ1) is 18.9. The van der Waals surface area contributed by atoms with Crippen LogP contribution in [0.4, 0.5) is 5.69 Å². The lowest BCUT2D eigenvalue weighted by atomic mass is 10.2. The van der Waals surface area contributed by atoms with Crippen molar-refractivity contribution < 1.29 is 4.79 Å². The number of halogens is 2. The zero-order valence-electron chi connectivity index (χ0n) is 15.8. The molecule has 0 aliphatic carbocycles. The van der Waals surface area contributed by atoms with Crippen LogP contribution in [0.2, 0.25) is 10.0 Å². The van der Waals surface area contributed by atoms with Gasteiger partial charge in [0.2, 0.25) is 5.91 Å². The molecule has 5 rings (SSSR count). The molecular weight excluding hydrogens is 419 g/mol. The molecule has 0 fully saturated rings. The molecule has 30 heavy (non-hydrogen) atoms. The second-order valence-electron chi connectivity index (χ2n) is 6.98. The first-order valence-electron chi connectivity index (χ1n) is 9.49. The van der Waals surface area contributed by atoms with Crippen LogP contribution in [-0.4, -0.2) is 20.4 Å². The third-order valence-corrected chi connectivity index (χ3v) is 5.57. The number of aromatic nitrogens is 3. The van der Waals surface area contributed by atoms with Gasteiger partial charge in [0.15, 0.2) is 5.65 Å². The Labute approximate surface area is 182 Å². The number of benzene rings is 3. The van der Waals surface area contributed by atoms with Crippen LogP contribution in [0.3, 0.4) is 0 Å². The van der Waals surface area contributed by atoms with Crippen molar-refractivity contribution in [3.8, 4) is 0 Å². The van der Waals surface area contributed by atoms with E-state index in [9.17, 15) is 4.79 Å². The molecular formula is C23H16Cl2N4O. The van der Waals surface area contributed by atoms with Gasteiger partial charge in [-0.05, 0) is 36.4 Å². The number of amides is 1. The number of carbonyl (C=O) groups is 1. The molecule has 5 nitrogen and oxygen atoms in total. The number of aryl methyl sites for hydroxylation is 1. The average molecular weight is 435 g/mol. The van der Waals surface area contributed by atoms with E-state index in [2.05, 4.69) is 5.32 Å². The standard InChI is InChI=1S/C23H16Cl2N4O/c24-14-9-10-17(16(25)13-14)26-21(30)11-12-29-20-8-4-1-5-15(20)22-23(29)28-19-7-3-2-6-18(19)27-22/h1-10,13H,11-12H2,(H,26,30). The van der Waals surface area contributed by atoms with Gasteiger partial charge in [-0.15, -0.1) is 0 Å². The fourth-order valence-corrected chi connectivity index (χ4v) is 4.08. The number of fused-ring (bicyclic) bond motifs is 4. The fraction of sp³-hybridized carbons (Fsp3) is 0.0870. The number of anilines is 1. The van der Waals surface area contributed by atoms with E-state index >= 15 is 0 Å². The van der Waals surface area contributed by atoms with Gasteiger partial charge in [-0.2, -0.15) is 0 Å². The van der Waals surface area contributed by atoms with Crippen LogP contribution in [0.1, 0.15) is 6.42 Å². The maximum absolute atomic E-state index is 12.6. The van der Waals surface area contributed by atoms with Crippen molar-refractivity contribution in [2.75, 3.05) is 5.32 Å². The van der Waals surface area contributed by atoms with E-state index in [4.69, 9.17) is 33.2 Å². The Morgan fingerprint density at radius 2 is 1.67 bits per heavy atom. The number of para-hydroxylation sites is 3. The van der Waals surface area contributed by atoms with Gasteiger partial charge in [-0.1, -0.05) is 53.5 Å². The highest BCUT2D eigenvalue weighted by atomic mass is 35.5. The Kier molecular flexibility index (Phi) is 4.77. The predicted molar refractivity (Wildman–Crippen MR) is 122 cm³/mol. The third-order valence-electron chi connectivity index (χ3n) is 5.03. The molecule has 3 aromatic carbocycles. The van der Waals surface area contributed by atoms with Crippen molar-refractivity contribution in [2.45, 2.75) is 13.0 Å². The number of carbonyl (C=O) groups excluding carboxylic acids is 1. The lowest BCUT2D eigenvalue weighted by molar-refractivity contribution is -0.116. The van der Waals surface area contributed by atoms with Crippen molar-refractivity contribution in [3.63, 3.8) is 0 Å². The molecule has 0 saturated carbocycles. The lowest BCUT2D eigenvalue weighted by Crippen LogP contribution is -2.15. The van der Waals surface area contributed by atoms with Crippen LogP contribution in [-0.2, 0) is 11.3 Å². The zero-order chi connectivity index (χ0) is 20.7. The van der Waals surface area contributed by atoms with Gasteiger partial charge in [0.25, 0.3) is 0 Å². The SMILES string of the molecule is O=C(CCn1c2ccccc2c2nc3ccccc3nc21)Nc1ccc(Cl)cc1Cl. The first-order valence-corrected chi connectivity index (χ1v) is 10.2. The predicted octanol–water partition coefficient (Wildman–Crippen LogP) is 6.07. The molecule has 0 saturated heterocycles. The Balaban J connectivity index is 1.50. The first-order chi connectivity index (χ1) is 14.6. The van der Waals surface area contributed by atoms with Crippen LogP contribution in [0.15, 0.2) is 66.7 Å². The van der Waals surface area contributed by atoms with E-state index in [0.717, 1.165) is 33.1 Å². The Bertz CT molecular complexity index is 1430. The number of hydrogen-bond donors (Lipinski definition) is 1. The van der Waals surface area contributed by atoms with Crippen molar-refractivity contribution >= 4 is 67.9 Å². The van der Waals surface area contributed by atoms with E-state index < -0.39 is 0 Å². The minimum absolute atomic E-state index is 0.140. The zero-order valence-corrected chi connectivity index (χ0v) is 17.3. The Morgan fingerprint density at radius 1 is 0.933 bits per heavy atom. The van der Waals surface area contributed by atoms with Crippen molar-refractivity contribution in [2.24, 2.45) is 0 Å². The second-order valence-corrected chi connectivity index (χ2v) is 7.82. The van der Waals surface area contributed by atoms with Gasteiger partial charge in [0.05, 0.1) is 27.3 Å². The Morgan fingerprint density at radius 3 is 2.47 bits per heavy atom. The van der Waals surface area contributed by atoms with Crippen molar-refractivity contribution in [3.05, 3.63) is 76.8 Å². The van der Waals surface area contributed by atoms with Crippen molar-refractivity contribution in [1.29, 1.82) is 0 Å². The molecule has 1 N–H and O–H groups in total. The second kappa shape index (κ2) is 7.59. The molecule has 0 unspecified atom stereocenters. The highest BCUT2D eigenvalue weighted by Crippen LogP contribution is 2.29. The highest BCUT2D eigenvalue weighted by molar-refractivity contribution is 6.36. The van der Waals surface area contributed by atoms with Gasteiger partial charge < -0.3 is 9.88 Å². The number of rotatable bonds is 4. The molecule has 0 bridgehead atoms. The van der Waals surface area contributed by atoms with Crippen LogP contribution in [0, 0.1) is 0 Å². The molecule has 0 atom stereocenters. The van der Waals surface area contributed by atoms with Gasteiger partial charge in [0.1, 0.15) is 5.52 Å². The van der Waals surface area contributed by atoms with Crippen LogP contribution in [0.25, 0.3) is 33.1 Å². The number of hydrogen-bond acceptors (Lipinski definition) is 3. The fourth-order valence-electron chi connectivity index (χ4n) is 3.63. The third kappa shape index (κ3) is 3.36. The molecule has 148 valence electrons. The number of nitrogens with zero attached hydrogens (tertiary/aromatic N) is 3. The van der Waals surface area contributed by atoms with Crippen LogP contribution in [0.5, 0.6) is 0 Å². The van der Waals surface area contributed by atoms with Gasteiger partial charge in [-0.25, -0.2) is 9.97 Å². The summed E-state index contributed by atoms with van der Waals surface area (Å²) in [6.45, 7) is 0.466. The van der Waals surface area contributed by atoms with Crippen molar-refractivity contribution in [1.82, 2.24) is 14.5 Å². The highest BCUT2D eigenvalue weighted by Gasteiger charge is 2.15. The summed E-state index contributed by atoms with van der Waals surface area (Å²) in [5, 5.41) is 4.80. The summed E-state index contributed by atoms with van der Waals surface area (Å²) in [6.07, 6.45) is 0.265. The van der Waals surface area contributed by atoms with E-state index in [-0.39, 0.29) is 12.3 Å². The largest absolute Gasteiger partial charge is 0.325 e. The molecule has 7 heteroatoms. The van der Waals surface area contributed by atoms with Gasteiger partial charge in [-0.3, -0.25) is 4.79 Å². The minimum Gasteiger partial charge on any atom is -0.325 e. The maximum Gasteiger partial charge on any atom is 0.226 e. The summed E-state index contributed by atoms with van der Waals surface area (Å²) in [6, 6.07) is 20.8. The summed E-state index contributed by atoms with van der Waals surface area (Å²) >= 11 is 12.1. The van der Waals surface area contributed by atoms with Gasteiger partial charge >= 0.3 is 0 Å². The summed E-state index contributed by atoms with van der Waals surface area (Å²) in [4.78, 5) is 22.2. The molecule has 0 aliphatic heterocycles. The normalized spacial score (nSPS) is 11.4. The minimum atomic E-state index is -0.140. The topological polar surface area (TPSA) is 59.8 Å². The van der Waals surface area contributed by atoms with E-state index in [1.165, 1.54) is 0 Å². The number of nitrogens with one attached hydrogen (secondary N) is 1. The average Bonchev–Trinajstić information content (AvgIpc) is 3.05. The lowest BCUT2D eigenvalue weighted by Gasteiger charge is -2.09. The molecule has 5 aromatic rings. The maximum atomic E-state index is 12.6. The molecule has 0 aliphatic rings. The smallest absolute Gasteiger partial charge is 0.226 e. The summed E-state index contributed by atoms with van der Waals surface area (Å²) < 4.78 is 2.05. The van der Waals surface area contributed by atoms with E-state index in [1.54, 1.807) is 18.2 Å². The molecule has 2 heterocycles. The molecule has 0 spiro atoms. The van der Waals surface area contributed by atoms with Crippen LogP contribution >= 0.6 is 23.2 Å². The quantitative estimate of drug-likeness (QED) is 0.373. The summed E-state index contributed by atoms with van der Waals surface area (Å²) in [7, 11) is 0. The van der Waals surface area contributed by atoms with E-state index in [0.29, 0.717) is 22.3 Å². The van der Waals surface area contributed by atoms with E-state index in [1.807, 2.05) is 53.1 Å². The molecule has 2 aromatic heterocycles. The van der Waals surface area contributed by atoms with Gasteiger partial charge in [0, 0.05) is 23.4 Å². The molecule has 1 amide bonds.